The molecule has 0 aliphatic heterocycles. The highest BCUT2D eigenvalue weighted by Gasteiger charge is 2.19. The van der Waals surface area contributed by atoms with Gasteiger partial charge in [0.1, 0.15) is 0 Å². The lowest BCUT2D eigenvalue weighted by molar-refractivity contribution is 0.102. The molecule has 2 N–H and O–H groups in total. The van der Waals surface area contributed by atoms with Crippen molar-refractivity contribution < 1.29 is 4.79 Å². The first-order chi connectivity index (χ1) is 12.8. The fourth-order valence-corrected chi connectivity index (χ4v) is 2.80. The summed E-state index contributed by atoms with van der Waals surface area (Å²) in [6.07, 6.45) is 3.06. The van der Waals surface area contributed by atoms with E-state index in [9.17, 15) is 4.79 Å². The summed E-state index contributed by atoms with van der Waals surface area (Å²) in [4.78, 5) is 21.1. The molecule has 0 spiro atoms. The number of rotatable bonds is 4. The van der Waals surface area contributed by atoms with Gasteiger partial charge < -0.3 is 10.6 Å². The van der Waals surface area contributed by atoms with Gasteiger partial charge in [-0.2, -0.15) is 0 Å². The van der Waals surface area contributed by atoms with Crippen LogP contribution < -0.4 is 10.6 Å². The Labute approximate surface area is 159 Å². The van der Waals surface area contributed by atoms with Crippen molar-refractivity contribution in [2.24, 2.45) is 0 Å². The third kappa shape index (κ3) is 4.70. The Kier molecular flexibility index (Phi) is 5.21. The van der Waals surface area contributed by atoms with Crippen LogP contribution in [0.1, 0.15) is 42.3 Å². The van der Waals surface area contributed by atoms with Crippen molar-refractivity contribution in [2.45, 2.75) is 33.1 Å². The molecular weight excluding hydrogens is 336 g/mol. The van der Waals surface area contributed by atoms with Crippen LogP contribution in [0.5, 0.6) is 0 Å². The first-order valence-electron chi connectivity index (χ1n) is 8.89. The molecule has 0 saturated carbocycles. The standard InChI is InChI=1S/C22H24N4O/c1-15-8-7-9-17(12-15)25-21-23-13-16(14-24-21)20(27)26-19-11-6-5-10-18(19)22(2,3)4/h5-14H,1-4H3,(H,26,27)(H,23,24,25). The summed E-state index contributed by atoms with van der Waals surface area (Å²) in [6, 6.07) is 15.8. The molecule has 2 aromatic carbocycles. The van der Waals surface area contributed by atoms with E-state index in [0.29, 0.717) is 11.5 Å². The molecule has 0 unspecified atom stereocenters. The molecule has 0 fully saturated rings. The molecule has 5 nitrogen and oxygen atoms in total. The minimum Gasteiger partial charge on any atom is -0.324 e. The van der Waals surface area contributed by atoms with Crippen molar-refractivity contribution in [3.05, 3.63) is 77.6 Å². The second kappa shape index (κ2) is 7.58. The van der Waals surface area contributed by atoms with Crippen LogP contribution in [0.15, 0.2) is 60.9 Å². The van der Waals surface area contributed by atoms with E-state index in [1.54, 1.807) is 0 Å². The normalized spacial score (nSPS) is 11.1. The lowest BCUT2D eigenvalue weighted by atomic mass is 9.86. The van der Waals surface area contributed by atoms with Crippen LogP contribution in [0.3, 0.4) is 0 Å². The average Bonchev–Trinajstić information content (AvgIpc) is 2.62. The number of anilines is 3. The highest BCUT2D eigenvalue weighted by atomic mass is 16.1. The van der Waals surface area contributed by atoms with Crippen LogP contribution in [-0.2, 0) is 5.41 Å². The van der Waals surface area contributed by atoms with Crippen molar-refractivity contribution in [3.63, 3.8) is 0 Å². The number of benzene rings is 2. The van der Waals surface area contributed by atoms with Crippen molar-refractivity contribution >= 4 is 23.2 Å². The lowest BCUT2D eigenvalue weighted by Crippen LogP contribution is -2.19. The van der Waals surface area contributed by atoms with Gasteiger partial charge in [0, 0.05) is 23.8 Å². The zero-order chi connectivity index (χ0) is 19.4. The summed E-state index contributed by atoms with van der Waals surface area (Å²) in [6.45, 7) is 8.38. The Balaban J connectivity index is 1.73. The molecule has 0 atom stereocenters. The number of hydrogen-bond acceptors (Lipinski definition) is 4. The molecule has 0 radical (unpaired) electrons. The van der Waals surface area contributed by atoms with E-state index in [2.05, 4.69) is 41.4 Å². The Hall–Kier alpha value is -3.21. The summed E-state index contributed by atoms with van der Waals surface area (Å²) >= 11 is 0. The van der Waals surface area contributed by atoms with Gasteiger partial charge in [-0.15, -0.1) is 0 Å². The molecule has 138 valence electrons. The van der Waals surface area contributed by atoms with Gasteiger partial charge in [-0.1, -0.05) is 51.1 Å². The van der Waals surface area contributed by atoms with E-state index in [1.807, 2.05) is 55.5 Å². The SMILES string of the molecule is Cc1cccc(Nc2ncc(C(=O)Nc3ccccc3C(C)(C)C)cn2)c1. The summed E-state index contributed by atoms with van der Waals surface area (Å²) in [5.74, 6) is 0.223. The van der Waals surface area contributed by atoms with Crippen molar-refractivity contribution in [2.75, 3.05) is 10.6 Å². The third-order valence-corrected chi connectivity index (χ3v) is 4.17. The number of aromatic nitrogens is 2. The predicted octanol–water partition coefficient (Wildman–Crippen LogP) is 5.08. The Morgan fingerprint density at radius 1 is 0.963 bits per heavy atom. The minimum absolute atomic E-state index is 0.0675. The van der Waals surface area contributed by atoms with Crippen LogP contribution in [-0.4, -0.2) is 15.9 Å². The second-order valence-electron chi connectivity index (χ2n) is 7.54. The number of para-hydroxylation sites is 1. The van der Waals surface area contributed by atoms with Crippen molar-refractivity contribution in [1.82, 2.24) is 9.97 Å². The number of hydrogen-bond donors (Lipinski definition) is 2. The third-order valence-electron chi connectivity index (χ3n) is 4.17. The van der Waals surface area contributed by atoms with Crippen LogP contribution in [0, 0.1) is 6.92 Å². The zero-order valence-electron chi connectivity index (χ0n) is 16.1. The summed E-state index contributed by atoms with van der Waals surface area (Å²) in [5, 5.41) is 6.11. The highest BCUT2D eigenvalue weighted by molar-refractivity contribution is 6.04. The predicted molar refractivity (Wildman–Crippen MR) is 110 cm³/mol. The highest BCUT2D eigenvalue weighted by Crippen LogP contribution is 2.29. The molecule has 3 aromatic rings. The average molecular weight is 360 g/mol. The van der Waals surface area contributed by atoms with Crippen LogP contribution in [0.25, 0.3) is 0 Å². The van der Waals surface area contributed by atoms with Crippen LogP contribution in [0.2, 0.25) is 0 Å². The van der Waals surface area contributed by atoms with Gasteiger partial charge in [0.25, 0.3) is 5.91 Å². The molecular formula is C22H24N4O. The first-order valence-corrected chi connectivity index (χ1v) is 8.89. The van der Waals surface area contributed by atoms with Gasteiger partial charge in [0.15, 0.2) is 0 Å². The molecule has 0 aliphatic rings. The van der Waals surface area contributed by atoms with Gasteiger partial charge >= 0.3 is 0 Å². The first kappa shape index (κ1) is 18.6. The van der Waals surface area contributed by atoms with Crippen LogP contribution in [0.4, 0.5) is 17.3 Å². The van der Waals surface area contributed by atoms with Crippen molar-refractivity contribution in [3.8, 4) is 0 Å². The van der Waals surface area contributed by atoms with Crippen molar-refractivity contribution in [1.29, 1.82) is 0 Å². The smallest absolute Gasteiger partial charge is 0.258 e. The van der Waals surface area contributed by atoms with Crippen LogP contribution >= 0.6 is 0 Å². The Morgan fingerprint density at radius 3 is 2.33 bits per heavy atom. The largest absolute Gasteiger partial charge is 0.324 e. The van der Waals surface area contributed by atoms with Gasteiger partial charge in [-0.25, -0.2) is 9.97 Å². The molecule has 5 heteroatoms. The number of carbonyl (C=O) groups excluding carboxylic acids is 1. The van der Waals surface area contributed by atoms with Gasteiger partial charge in [0.05, 0.1) is 5.56 Å². The van der Waals surface area contributed by atoms with E-state index in [1.165, 1.54) is 12.4 Å². The zero-order valence-corrected chi connectivity index (χ0v) is 16.1. The summed E-state index contributed by atoms with van der Waals surface area (Å²) in [7, 11) is 0. The quantitative estimate of drug-likeness (QED) is 0.681. The molecule has 0 aliphatic carbocycles. The van der Waals surface area contributed by atoms with E-state index < -0.39 is 0 Å². The Morgan fingerprint density at radius 2 is 1.67 bits per heavy atom. The fourth-order valence-electron chi connectivity index (χ4n) is 2.80. The van der Waals surface area contributed by atoms with Gasteiger partial charge in [0.2, 0.25) is 5.95 Å². The molecule has 27 heavy (non-hydrogen) atoms. The topological polar surface area (TPSA) is 66.9 Å². The molecule has 1 heterocycles. The fraction of sp³-hybridized carbons (Fsp3) is 0.227. The second-order valence-corrected chi connectivity index (χ2v) is 7.54. The summed E-state index contributed by atoms with van der Waals surface area (Å²) in [5.41, 5.74) is 4.28. The maximum atomic E-state index is 12.6. The maximum absolute atomic E-state index is 12.6. The van der Waals surface area contributed by atoms with E-state index in [-0.39, 0.29) is 11.3 Å². The number of carbonyl (C=O) groups is 1. The molecule has 3 rings (SSSR count). The van der Waals surface area contributed by atoms with Gasteiger partial charge in [-0.3, -0.25) is 4.79 Å². The lowest BCUT2D eigenvalue weighted by Gasteiger charge is -2.22. The maximum Gasteiger partial charge on any atom is 0.258 e. The minimum atomic E-state index is -0.228. The van der Waals surface area contributed by atoms with E-state index in [0.717, 1.165) is 22.5 Å². The molecule has 1 aromatic heterocycles. The number of nitrogens with zero attached hydrogens (tertiary/aromatic N) is 2. The number of nitrogens with one attached hydrogen (secondary N) is 2. The Bertz CT molecular complexity index is 943. The molecule has 1 amide bonds. The monoisotopic (exact) mass is 360 g/mol. The van der Waals surface area contributed by atoms with E-state index in [4.69, 9.17) is 0 Å². The molecule has 0 bridgehead atoms. The van der Waals surface area contributed by atoms with E-state index >= 15 is 0 Å². The number of amides is 1. The summed E-state index contributed by atoms with van der Waals surface area (Å²) < 4.78 is 0. The molecule has 0 saturated heterocycles. The number of aryl methyl sites for hydroxylation is 1. The van der Waals surface area contributed by atoms with Gasteiger partial charge in [-0.05, 0) is 41.7 Å².